The maximum Gasteiger partial charge on any atom is 0.136 e. The maximum absolute atomic E-state index is 6.04. The van der Waals surface area contributed by atoms with Crippen molar-refractivity contribution in [3.8, 4) is 11.5 Å². The summed E-state index contributed by atoms with van der Waals surface area (Å²) in [5.41, 5.74) is 3.10. The van der Waals surface area contributed by atoms with Gasteiger partial charge in [-0.1, -0.05) is 18.2 Å². The van der Waals surface area contributed by atoms with Crippen LogP contribution in [0.3, 0.4) is 0 Å². The van der Waals surface area contributed by atoms with Gasteiger partial charge in [0.1, 0.15) is 11.5 Å². The Hall–Kier alpha value is -2.06. The lowest BCUT2D eigenvalue weighted by Gasteiger charge is -2.11. The Kier molecular flexibility index (Phi) is 3.57. The van der Waals surface area contributed by atoms with Gasteiger partial charge in [-0.3, -0.25) is 4.98 Å². The van der Waals surface area contributed by atoms with Gasteiger partial charge in [0, 0.05) is 17.5 Å². The molecule has 3 aromatic rings. The summed E-state index contributed by atoms with van der Waals surface area (Å²) in [6.45, 7) is 2.02. The third kappa shape index (κ3) is 2.47. The van der Waals surface area contributed by atoms with Crippen LogP contribution in [0.4, 0.5) is 0 Å². The number of pyridine rings is 1. The van der Waals surface area contributed by atoms with E-state index in [2.05, 4.69) is 4.98 Å². The van der Waals surface area contributed by atoms with E-state index in [9.17, 15) is 0 Å². The van der Waals surface area contributed by atoms with Crippen molar-refractivity contribution >= 4 is 22.5 Å². The molecule has 2 aromatic carbocycles. The zero-order chi connectivity index (χ0) is 13.9. The summed E-state index contributed by atoms with van der Waals surface area (Å²) >= 11 is 5.84. The van der Waals surface area contributed by atoms with E-state index < -0.39 is 0 Å². The topological polar surface area (TPSA) is 22.1 Å². The number of benzene rings is 2. The summed E-state index contributed by atoms with van der Waals surface area (Å²) in [7, 11) is 0. The first-order valence-electron chi connectivity index (χ1n) is 6.45. The molecule has 3 rings (SSSR count). The third-order valence-corrected chi connectivity index (χ3v) is 3.53. The van der Waals surface area contributed by atoms with Crippen LogP contribution in [0, 0.1) is 6.92 Å². The van der Waals surface area contributed by atoms with E-state index in [-0.39, 0.29) is 0 Å². The highest BCUT2D eigenvalue weighted by molar-refractivity contribution is 6.17. The number of ether oxygens (including phenoxy) is 1. The Morgan fingerprint density at radius 3 is 2.75 bits per heavy atom. The van der Waals surface area contributed by atoms with E-state index in [1.54, 1.807) is 6.20 Å². The fraction of sp³-hybridized carbons (Fsp3) is 0.118. The number of halogens is 1. The molecule has 0 radical (unpaired) electrons. The van der Waals surface area contributed by atoms with E-state index in [0.29, 0.717) is 5.88 Å². The molecule has 0 aliphatic heterocycles. The van der Waals surface area contributed by atoms with Crippen LogP contribution in [0.5, 0.6) is 11.5 Å². The monoisotopic (exact) mass is 283 g/mol. The predicted molar refractivity (Wildman–Crippen MR) is 82.6 cm³/mol. The van der Waals surface area contributed by atoms with Gasteiger partial charge in [0.05, 0.1) is 5.52 Å². The molecule has 0 fully saturated rings. The van der Waals surface area contributed by atoms with Crippen molar-refractivity contribution in [1.29, 1.82) is 0 Å². The highest BCUT2D eigenvalue weighted by Gasteiger charge is 2.06. The van der Waals surface area contributed by atoms with E-state index in [1.165, 1.54) is 0 Å². The van der Waals surface area contributed by atoms with E-state index in [0.717, 1.165) is 33.5 Å². The summed E-state index contributed by atoms with van der Waals surface area (Å²) in [5, 5.41) is 1.01. The number of rotatable bonds is 3. The van der Waals surface area contributed by atoms with Gasteiger partial charge in [0.2, 0.25) is 0 Å². The quantitative estimate of drug-likeness (QED) is 0.626. The fourth-order valence-corrected chi connectivity index (χ4v) is 2.36. The number of aromatic nitrogens is 1. The lowest BCUT2D eigenvalue weighted by molar-refractivity contribution is 0.484. The summed E-state index contributed by atoms with van der Waals surface area (Å²) in [4.78, 5) is 4.34. The number of nitrogens with zero attached hydrogens (tertiary/aromatic N) is 1. The maximum atomic E-state index is 6.04. The molecule has 100 valence electrons. The SMILES string of the molecule is Cc1cc(CCl)ccc1Oc1cccc2ncccc12. The molecule has 1 heterocycles. The van der Waals surface area contributed by atoms with Crippen molar-refractivity contribution < 1.29 is 4.74 Å². The van der Waals surface area contributed by atoms with Gasteiger partial charge >= 0.3 is 0 Å². The minimum atomic E-state index is 0.513. The molecule has 0 amide bonds. The number of fused-ring (bicyclic) bond motifs is 1. The molecular weight excluding hydrogens is 270 g/mol. The second kappa shape index (κ2) is 5.51. The van der Waals surface area contributed by atoms with Crippen molar-refractivity contribution in [2.24, 2.45) is 0 Å². The van der Waals surface area contributed by atoms with Crippen molar-refractivity contribution in [1.82, 2.24) is 4.98 Å². The van der Waals surface area contributed by atoms with E-state index in [1.807, 2.05) is 55.5 Å². The summed E-state index contributed by atoms with van der Waals surface area (Å²) < 4.78 is 6.04. The van der Waals surface area contributed by atoms with Crippen LogP contribution in [0.25, 0.3) is 10.9 Å². The van der Waals surface area contributed by atoms with Crippen LogP contribution < -0.4 is 4.74 Å². The van der Waals surface area contributed by atoms with Crippen molar-refractivity contribution in [2.45, 2.75) is 12.8 Å². The van der Waals surface area contributed by atoms with Crippen molar-refractivity contribution in [3.05, 3.63) is 65.9 Å². The molecule has 0 saturated heterocycles. The summed E-state index contributed by atoms with van der Waals surface area (Å²) in [6.07, 6.45) is 1.78. The van der Waals surface area contributed by atoms with Gasteiger partial charge < -0.3 is 4.74 Å². The Bertz CT molecular complexity index is 750. The molecule has 3 heteroatoms. The van der Waals surface area contributed by atoms with E-state index >= 15 is 0 Å². The van der Waals surface area contributed by atoms with E-state index in [4.69, 9.17) is 16.3 Å². The van der Waals surface area contributed by atoms with Crippen LogP contribution in [-0.2, 0) is 5.88 Å². The van der Waals surface area contributed by atoms with Crippen LogP contribution in [-0.4, -0.2) is 4.98 Å². The van der Waals surface area contributed by atoms with Crippen LogP contribution >= 0.6 is 11.6 Å². The Labute approximate surface area is 123 Å². The Balaban J connectivity index is 2.01. The molecule has 0 aliphatic carbocycles. The first-order valence-corrected chi connectivity index (χ1v) is 6.98. The minimum Gasteiger partial charge on any atom is -0.456 e. The van der Waals surface area contributed by atoms with Crippen LogP contribution in [0.2, 0.25) is 0 Å². The molecule has 0 N–H and O–H groups in total. The largest absolute Gasteiger partial charge is 0.456 e. The molecule has 0 saturated carbocycles. The average Bonchev–Trinajstić information content (AvgIpc) is 2.49. The molecule has 1 aromatic heterocycles. The van der Waals surface area contributed by atoms with Gasteiger partial charge in [-0.05, 0) is 48.4 Å². The smallest absolute Gasteiger partial charge is 0.136 e. The molecule has 2 nitrogen and oxygen atoms in total. The molecule has 20 heavy (non-hydrogen) atoms. The number of hydrogen-bond donors (Lipinski definition) is 0. The van der Waals surface area contributed by atoms with Gasteiger partial charge in [-0.15, -0.1) is 11.6 Å². The number of alkyl halides is 1. The second-order valence-corrected chi connectivity index (χ2v) is 4.93. The third-order valence-electron chi connectivity index (χ3n) is 3.22. The number of hydrogen-bond acceptors (Lipinski definition) is 2. The van der Waals surface area contributed by atoms with Crippen molar-refractivity contribution in [2.75, 3.05) is 0 Å². The highest BCUT2D eigenvalue weighted by atomic mass is 35.5. The Morgan fingerprint density at radius 1 is 1.05 bits per heavy atom. The lowest BCUT2D eigenvalue weighted by atomic mass is 10.1. The first kappa shape index (κ1) is 12.9. The predicted octanol–water partition coefficient (Wildman–Crippen LogP) is 5.07. The van der Waals surface area contributed by atoms with Crippen LogP contribution in [0.15, 0.2) is 54.7 Å². The molecule has 0 atom stereocenters. The lowest BCUT2D eigenvalue weighted by Crippen LogP contribution is -1.90. The normalized spacial score (nSPS) is 10.7. The van der Waals surface area contributed by atoms with Gasteiger partial charge in [-0.25, -0.2) is 0 Å². The highest BCUT2D eigenvalue weighted by Crippen LogP contribution is 2.31. The molecule has 0 bridgehead atoms. The molecule has 0 spiro atoms. The average molecular weight is 284 g/mol. The minimum absolute atomic E-state index is 0.513. The molecular formula is C17H14ClNO. The van der Waals surface area contributed by atoms with Gasteiger partial charge in [0.25, 0.3) is 0 Å². The molecule has 0 aliphatic rings. The summed E-state index contributed by atoms with van der Waals surface area (Å²) in [6, 6.07) is 15.8. The van der Waals surface area contributed by atoms with Gasteiger partial charge in [0.15, 0.2) is 0 Å². The first-order chi connectivity index (χ1) is 9.78. The fourth-order valence-electron chi connectivity index (χ4n) is 2.19. The summed E-state index contributed by atoms with van der Waals surface area (Å²) in [5.74, 6) is 2.17. The second-order valence-electron chi connectivity index (χ2n) is 4.66. The zero-order valence-corrected chi connectivity index (χ0v) is 11.9. The number of aryl methyl sites for hydroxylation is 1. The Morgan fingerprint density at radius 2 is 1.95 bits per heavy atom. The van der Waals surface area contributed by atoms with Crippen LogP contribution in [0.1, 0.15) is 11.1 Å². The standard InChI is InChI=1S/C17H14ClNO/c1-12-10-13(11-18)7-8-16(12)20-17-6-2-5-15-14(17)4-3-9-19-15/h2-10H,11H2,1H3. The zero-order valence-electron chi connectivity index (χ0n) is 11.1. The molecule has 0 unspecified atom stereocenters. The van der Waals surface area contributed by atoms with Crippen molar-refractivity contribution in [3.63, 3.8) is 0 Å². The van der Waals surface area contributed by atoms with Gasteiger partial charge in [-0.2, -0.15) is 0 Å².